The molecule has 3 aromatic heterocycles. The smallest absolute Gasteiger partial charge is 0.180 e. The highest BCUT2D eigenvalue weighted by Crippen LogP contribution is 2.33. The van der Waals surface area contributed by atoms with Crippen LogP contribution in [-0.2, 0) is 6.54 Å². The van der Waals surface area contributed by atoms with Gasteiger partial charge in [-0.2, -0.15) is 0 Å². The molecule has 10 heteroatoms. The van der Waals surface area contributed by atoms with Gasteiger partial charge in [-0.15, -0.1) is 0 Å². The third kappa shape index (κ3) is 5.55. The summed E-state index contributed by atoms with van der Waals surface area (Å²) in [5, 5.41) is 8.42. The molecule has 0 radical (unpaired) electrons. The van der Waals surface area contributed by atoms with E-state index < -0.39 is 0 Å². The molecule has 0 unspecified atom stereocenters. The van der Waals surface area contributed by atoms with E-state index >= 15 is 0 Å². The number of nitrogens with zero attached hydrogens (tertiary/aromatic N) is 6. The molecule has 9 nitrogen and oxygen atoms in total. The van der Waals surface area contributed by atoms with Gasteiger partial charge >= 0.3 is 0 Å². The Hall–Kier alpha value is -3.14. The van der Waals surface area contributed by atoms with Crippen LogP contribution in [0.25, 0.3) is 22.6 Å². The third-order valence-corrected chi connectivity index (χ3v) is 8.81. The number of halogens is 1. The van der Waals surface area contributed by atoms with Gasteiger partial charge in [0.05, 0.1) is 22.6 Å². The molecule has 0 saturated carbocycles. The Kier molecular flexibility index (Phi) is 7.70. The van der Waals surface area contributed by atoms with Crippen LogP contribution in [-0.4, -0.2) is 81.3 Å². The molecule has 0 aliphatic carbocycles. The molecule has 0 atom stereocenters. The molecule has 5 heterocycles. The second kappa shape index (κ2) is 11.4. The summed E-state index contributed by atoms with van der Waals surface area (Å²) in [6, 6.07) is 9.62. The minimum Gasteiger partial charge on any atom is -0.379 e. The number of piperazine rings is 1. The van der Waals surface area contributed by atoms with E-state index in [0.29, 0.717) is 22.8 Å². The highest BCUT2D eigenvalue weighted by molar-refractivity contribution is 6.34. The average molecular weight is 563 g/mol. The Morgan fingerprint density at radius 3 is 2.42 bits per heavy atom. The molecule has 0 amide bonds. The summed E-state index contributed by atoms with van der Waals surface area (Å²) < 4.78 is 5.34. The third-order valence-electron chi connectivity index (χ3n) is 8.52. The van der Waals surface area contributed by atoms with E-state index in [-0.39, 0.29) is 0 Å². The number of H-pyrrole nitrogens is 1. The van der Waals surface area contributed by atoms with Crippen LogP contribution in [0.3, 0.4) is 0 Å². The Morgan fingerprint density at radius 1 is 1.05 bits per heavy atom. The predicted molar refractivity (Wildman–Crippen MR) is 161 cm³/mol. The lowest BCUT2D eigenvalue weighted by Gasteiger charge is -2.36. The zero-order valence-corrected chi connectivity index (χ0v) is 24.6. The molecule has 40 heavy (non-hydrogen) atoms. The van der Waals surface area contributed by atoms with Crippen molar-refractivity contribution < 1.29 is 4.52 Å². The SMILES string of the molecule is Cc1noc(C)c1CN1CCN(c2ccc(-c3nc4ncc(Cl)c(NC5CCN(C(C)C)CC5)c4[nH]3)cc2)CC1. The van der Waals surface area contributed by atoms with Crippen LogP contribution in [0.1, 0.15) is 43.7 Å². The van der Waals surface area contributed by atoms with Gasteiger partial charge in [-0.1, -0.05) is 16.8 Å². The quantitative estimate of drug-likeness (QED) is 0.306. The number of benzene rings is 1. The van der Waals surface area contributed by atoms with Gasteiger partial charge in [0.2, 0.25) is 0 Å². The average Bonchev–Trinajstić information content (AvgIpc) is 3.54. The molecule has 6 rings (SSSR count). The number of aromatic nitrogens is 4. The maximum atomic E-state index is 6.63. The Balaban J connectivity index is 1.12. The van der Waals surface area contributed by atoms with E-state index in [9.17, 15) is 0 Å². The first kappa shape index (κ1) is 27.1. The standard InChI is InChI=1S/C30H39ClN8O/c1-19(2)38-11-9-23(10-12-38)33-27-26(31)17-32-30-28(27)34-29(35-30)22-5-7-24(8-6-22)39-15-13-37(14-16-39)18-25-20(3)36-40-21(25)4/h5-8,17,19,23H,9-16,18H2,1-4H3,(H2,32,33,34,35). The van der Waals surface area contributed by atoms with Crippen LogP contribution < -0.4 is 10.2 Å². The van der Waals surface area contributed by atoms with Gasteiger partial charge in [0.25, 0.3) is 0 Å². The van der Waals surface area contributed by atoms with E-state index in [1.54, 1.807) is 6.20 Å². The summed E-state index contributed by atoms with van der Waals surface area (Å²) in [6.45, 7) is 15.6. The lowest BCUT2D eigenvalue weighted by molar-refractivity contribution is 0.177. The normalized spacial score (nSPS) is 17.8. The van der Waals surface area contributed by atoms with E-state index in [1.165, 1.54) is 11.3 Å². The summed E-state index contributed by atoms with van der Waals surface area (Å²) in [5.41, 5.74) is 6.92. The number of rotatable bonds is 7. The second-order valence-corrected chi connectivity index (χ2v) is 11.8. The molecule has 2 saturated heterocycles. The first-order valence-electron chi connectivity index (χ1n) is 14.4. The van der Waals surface area contributed by atoms with E-state index in [0.717, 1.165) is 92.7 Å². The van der Waals surface area contributed by atoms with Gasteiger partial charge in [-0.25, -0.2) is 9.97 Å². The number of fused-ring (bicyclic) bond motifs is 1. The van der Waals surface area contributed by atoms with Crippen LogP contribution >= 0.6 is 11.6 Å². The molecule has 2 aliphatic rings. The van der Waals surface area contributed by atoms with Gasteiger partial charge in [0.15, 0.2) is 5.65 Å². The molecule has 2 fully saturated rings. The molecular formula is C30H39ClN8O. The number of pyridine rings is 1. The summed E-state index contributed by atoms with van der Waals surface area (Å²) in [6.07, 6.45) is 3.89. The lowest BCUT2D eigenvalue weighted by atomic mass is 10.0. The molecule has 2 N–H and O–H groups in total. The molecule has 4 aromatic rings. The first-order chi connectivity index (χ1) is 19.4. The molecule has 2 aliphatic heterocycles. The van der Waals surface area contributed by atoms with E-state index in [4.69, 9.17) is 21.1 Å². The van der Waals surface area contributed by atoms with Crippen molar-refractivity contribution in [1.82, 2.24) is 29.9 Å². The van der Waals surface area contributed by atoms with Crippen LogP contribution in [0.15, 0.2) is 35.0 Å². The predicted octanol–water partition coefficient (Wildman–Crippen LogP) is 5.49. The topological polar surface area (TPSA) is 89.3 Å². The Labute approximate surface area is 240 Å². The largest absolute Gasteiger partial charge is 0.379 e. The number of aryl methyl sites for hydroxylation is 2. The van der Waals surface area contributed by atoms with Crippen molar-refractivity contribution >= 4 is 34.1 Å². The van der Waals surface area contributed by atoms with Gasteiger partial charge < -0.3 is 24.6 Å². The number of hydrogen-bond donors (Lipinski definition) is 2. The monoisotopic (exact) mass is 562 g/mol. The fraction of sp³-hybridized carbons (Fsp3) is 0.500. The van der Waals surface area contributed by atoms with Crippen molar-refractivity contribution in [3.05, 3.63) is 52.5 Å². The van der Waals surface area contributed by atoms with Gasteiger partial charge in [0, 0.05) is 74.7 Å². The molecular weight excluding hydrogens is 524 g/mol. The highest BCUT2D eigenvalue weighted by Gasteiger charge is 2.24. The minimum absolute atomic E-state index is 0.383. The minimum atomic E-state index is 0.383. The van der Waals surface area contributed by atoms with Crippen molar-refractivity contribution in [3.63, 3.8) is 0 Å². The summed E-state index contributed by atoms with van der Waals surface area (Å²) >= 11 is 6.63. The van der Waals surface area contributed by atoms with Crippen molar-refractivity contribution in [3.8, 4) is 11.4 Å². The fourth-order valence-electron chi connectivity index (χ4n) is 5.92. The summed E-state index contributed by atoms with van der Waals surface area (Å²) in [7, 11) is 0. The molecule has 212 valence electrons. The van der Waals surface area contributed by atoms with Crippen molar-refractivity contribution in [2.24, 2.45) is 0 Å². The zero-order chi connectivity index (χ0) is 27.8. The number of imidazole rings is 1. The summed E-state index contributed by atoms with van der Waals surface area (Å²) in [5.74, 6) is 1.73. The van der Waals surface area contributed by atoms with Crippen LogP contribution in [0.5, 0.6) is 0 Å². The van der Waals surface area contributed by atoms with Gasteiger partial charge in [-0.3, -0.25) is 4.90 Å². The highest BCUT2D eigenvalue weighted by atomic mass is 35.5. The van der Waals surface area contributed by atoms with Gasteiger partial charge in [-0.05, 0) is 64.8 Å². The Bertz CT molecular complexity index is 1430. The molecule has 0 bridgehead atoms. The number of piperidine rings is 1. The van der Waals surface area contributed by atoms with Gasteiger partial charge in [0.1, 0.15) is 17.1 Å². The number of aromatic amines is 1. The fourth-order valence-corrected chi connectivity index (χ4v) is 6.12. The maximum absolute atomic E-state index is 6.63. The Morgan fingerprint density at radius 2 is 1.77 bits per heavy atom. The summed E-state index contributed by atoms with van der Waals surface area (Å²) in [4.78, 5) is 20.3. The zero-order valence-electron chi connectivity index (χ0n) is 23.9. The molecule has 0 spiro atoms. The number of hydrogen-bond acceptors (Lipinski definition) is 8. The van der Waals surface area contributed by atoms with Crippen LogP contribution in [0.4, 0.5) is 11.4 Å². The van der Waals surface area contributed by atoms with Crippen molar-refractivity contribution in [1.29, 1.82) is 0 Å². The number of anilines is 2. The van der Waals surface area contributed by atoms with Crippen LogP contribution in [0.2, 0.25) is 5.02 Å². The lowest BCUT2D eigenvalue weighted by Crippen LogP contribution is -2.46. The van der Waals surface area contributed by atoms with Crippen LogP contribution in [0, 0.1) is 13.8 Å². The van der Waals surface area contributed by atoms with Crippen molar-refractivity contribution in [2.75, 3.05) is 49.5 Å². The van der Waals surface area contributed by atoms with E-state index in [2.05, 4.69) is 73.3 Å². The maximum Gasteiger partial charge on any atom is 0.180 e. The second-order valence-electron chi connectivity index (χ2n) is 11.4. The number of likely N-dealkylation sites (tertiary alicyclic amines) is 1. The molecule has 1 aromatic carbocycles. The van der Waals surface area contributed by atoms with E-state index in [1.807, 2.05) is 13.8 Å². The number of nitrogens with one attached hydrogen (secondary N) is 2. The first-order valence-corrected chi connectivity index (χ1v) is 14.8. The van der Waals surface area contributed by atoms with Crippen molar-refractivity contribution in [2.45, 2.75) is 59.2 Å².